The average molecular weight is 126 g/mol. The molecule has 0 spiro atoms. The maximum Gasteiger partial charge on any atom is 0.318 e. The molecule has 0 fully saturated rings. The van der Waals surface area contributed by atoms with Crippen LogP contribution in [0, 0.1) is 0 Å². The fraction of sp³-hybridized carbons (Fsp3) is 0.167. The molecule has 0 aliphatic heterocycles. The maximum atomic E-state index is 10.5. The van der Waals surface area contributed by atoms with Crippen molar-refractivity contribution in [3.8, 4) is 0 Å². The summed E-state index contributed by atoms with van der Waals surface area (Å²) in [7, 11) is 0. The number of hydrogen-bond donors (Lipinski definition) is 2. The average Bonchev–Trinajstić information content (AvgIpc) is 1.85. The van der Waals surface area contributed by atoms with Crippen LogP contribution in [0.25, 0.3) is 0 Å². The fourth-order valence-electron chi connectivity index (χ4n) is 0.309. The van der Waals surface area contributed by atoms with E-state index in [9.17, 15) is 4.79 Å². The van der Waals surface area contributed by atoms with Crippen molar-refractivity contribution in [1.29, 1.82) is 0 Å². The molecule has 0 atom stereocenters. The lowest BCUT2D eigenvalue weighted by molar-refractivity contribution is 0.245. The van der Waals surface area contributed by atoms with E-state index in [1.54, 1.807) is 6.08 Å². The second-order valence-corrected chi connectivity index (χ2v) is 1.35. The molecule has 0 saturated heterocycles. The van der Waals surface area contributed by atoms with Crippen LogP contribution in [0.1, 0.15) is 0 Å². The Morgan fingerprint density at radius 2 is 2.22 bits per heavy atom. The van der Waals surface area contributed by atoms with Gasteiger partial charge in [0.25, 0.3) is 0 Å². The van der Waals surface area contributed by atoms with E-state index in [0.717, 1.165) is 0 Å². The largest absolute Gasteiger partial charge is 0.334 e. The van der Waals surface area contributed by atoms with Gasteiger partial charge in [0, 0.05) is 6.54 Å². The highest BCUT2D eigenvalue weighted by Gasteiger charge is 1.89. The Kier molecular flexibility index (Phi) is 4.22. The Bertz CT molecular complexity index is 120. The number of hydrogen-bond acceptors (Lipinski definition) is 1. The van der Waals surface area contributed by atoms with Gasteiger partial charge in [0.05, 0.1) is 0 Å². The van der Waals surface area contributed by atoms with E-state index in [4.69, 9.17) is 0 Å². The lowest BCUT2D eigenvalue weighted by atomic mass is 10.6. The number of carbonyl (C=O) groups excluding carboxylic acids is 1. The predicted octanol–water partition coefficient (Wildman–Crippen LogP) is 0.615. The van der Waals surface area contributed by atoms with E-state index in [2.05, 4.69) is 23.8 Å². The van der Waals surface area contributed by atoms with Crippen molar-refractivity contribution in [2.24, 2.45) is 0 Å². The van der Waals surface area contributed by atoms with Gasteiger partial charge in [-0.25, -0.2) is 4.79 Å². The van der Waals surface area contributed by atoms with Gasteiger partial charge in [-0.1, -0.05) is 12.7 Å². The topological polar surface area (TPSA) is 41.1 Å². The summed E-state index contributed by atoms with van der Waals surface area (Å²) < 4.78 is 0. The second-order valence-electron chi connectivity index (χ2n) is 1.35. The third kappa shape index (κ3) is 4.61. The zero-order chi connectivity index (χ0) is 7.11. The standard InChI is InChI=1S/C6H10N2O/c1-3-5-8-6(9)7-4-2/h3-4H,1-2,5H2,(H2,7,8,9). The molecule has 3 heteroatoms. The molecule has 0 heterocycles. The Morgan fingerprint density at radius 3 is 2.67 bits per heavy atom. The molecule has 0 radical (unpaired) electrons. The molecular weight excluding hydrogens is 116 g/mol. The quantitative estimate of drug-likeness (QED) is 0.534. The Labute approximate surface area is 54.4 Å². The molecule has 0 saturated carbocycles. The lowest BCUT2D eigenvalue weighted by Gasteiger charge is -1.98. The van der Waals surface area contributed by atoms with Gasteiger partial charge in [0.1, 0.15) is 0 Å². The van der Waals surface area contributed by atoms with Crippen molar-refractivity contribution >= 4 is 6.03 Å². The first-order valence-electron chi connectivity index (χ1n) is 2.57. The third-order valence-electron chi connectivity index (χ3n) is 0.640. The second kappa shape index (κ2) is 4.90. The van der Waals surface area contributed by atoms with Gasteiger partial charge in [0.2, 0.25) is 0 Å². The highest BCUT2D eigenvalue weighted by atomic mass is 16.2. The van der Waals surface area contributed by atoms with Gasteiger partial charge in [-0.2, -0.15) is 0 Å². The van der Waals surface area contributed by atoms with Crippen molar-refractivity contribution < 1.29 is 4.79 Å². The van der Waals surface area contributed by atoms with Crippen molar-refractivity contribution in [2.75, 3.05) is 6.54 Å². The summed E-state index contributed by atoms with van der Waals surface area (Å²) in [6.45, 7) is 7.21. The number of rotatable bonds is 3. The zero-order valence-corrected chi connectivity index (χ0v) is 5.18. The summed E-state index contributed by atoms with van der Waals surface area (Å²) in [6.07, 6.45) is 2.92. The molecule has 2 N–H and O–H groups in total. The van der Waals surface area contributed by atoms with Gasteiger partial charge in [-0.05, 0) is 6.20 Å². The number of amides is 2. The molecule has 0 unspecified atom stereocenters. The van der Waals surface area contributed by atoms with Crippen LogP contribution in [0.3, 0.4) is 0 Å². The number of carbonyl (C=O) groups is 1. The summed E-state index contributed by atoms with van der Waals surface area (Å²) in [4.78, 5) is 10.5. The van der Waals surface area contributed by atoms with Crippen LogP contribution in [0.15, 0.2) is 25.4 Å². The van der Waals surface area contributed by atoms with Crippen molar-refractivity contribution in [2.45, 2.75) is 0 Å². The molecule has 0 rings (SSSR count). The van der Waals surface area contributed by atoms with Crippen LogP contribution < -0.4 is 10.6 Å². The van der Waals surface area contributed by atoms with E-state index in [1.165, 1.54) is 6.20 Å². The van der Waals surface area contributed by atoms with Gasteiger partial charge in [-0.3, -0.25) is 0 Å². The molecule has 3 nitrogen and oxygen atoms in total. The zero-order valence-electron chi connectivity index (χ0n) is 5.18. The molecular formula is C6H10N2O. The minimum absolute atomic E-state index is 0.259. The highest BCUT2D eigenvalue weighted by molar-refractivity contribution is 5.74. The summed E-state index contributed by atoms with van der Waals surface area (Å²) in [5.74, 6) is 0. The summed E-state index contributed by atoms with van der Waals surface area (Å²) in [5.41, 5.74) is 0. The first kappa shape index (κ1) is 7.75. The van der Waals surface area contributed by atoms with E-state index in [-0.39, 0.29) is 6.03 Å². The molecule has 0 aromatic heterocycles. The van der Waals surface area contributed by atoms with Crippen LogP contribution in [-0.4, -0.2) is 12.6 Å². The molecule has 0 aromatic rings. The van der Waals surface area contributed by atoms with Crippen LogP contribution >= 0.6 is 0 Å². The molecule has 9 heavy (non-hydrogen) atoms. The third-order valence-corrected chi connectivity index (χ3v) is 0.640. The fourth-order valence-corrected chi connectivity index (χ4v) is 0.309. The van der Waals surface area contributed by atoms with E-state index >= 15 is 0 Å². The van der Waals surface area contributed by atoms with Gasteiger partial charge in [0.15, 0.2) is 0 Å². The van der Waals surface area contributed by atoms with Crippen LogP contribution in [0.5, 0.6) is 0 Å². The smallest absolute Gasteiger partial charge is 0.318 e. The van der Waals surface area contributed by atoms with Gasteiger partial charge >= 0.3 is 6.03 Å². The Balaban J connectivity index is 3.26. The van der Waals surface area contributed by atoms with Crippen LogP contribution in [0.4, 0.5) is 4.79 Å². The Morgan fingerprint density at radius 1 is 1.56 bits per heavy atom. The van der Waals surface area contributed by atoms with E-state index in [1.807, 2.05) is 0 Å². The number of urea groups is 1. The first-order valence-corrected chi connectivity index (χ1v) is 2.57. The van der Waals surface area contributed by atoms with Crippen molar-refractivity contribution in [3.05, 3.63) is 25.4 Å². The molecule has 0 aliphatic carbocycles. The van der Waals surface area contributed by atoms with Crippen LogP contribution in [-0.2, 0) is 0 Å². The van der Waals surface area contributed by atoms with Crippen molar-refractivity contribution in [1.82, 2.24) is 10.6 Å². The van der Waals surface area contributed by atoms with Crippen molar-refractivity contribution in [3.63, 3.8) is 0 Å². The predicted molar refractivity (Wildman–Crippen MR) is 36.9 cm³/mol. The molecule has 0 aliphatic rings. The van der Waals surface area contributed by atoms with Crippen LogP contribution in [0.2, 0.25) is 0 Å². The maximum absolute atomic E-state index is 10.5. The minimum atomic E-state index is -0.259. The monoisotopic (exact) mass is 126 g/mol. The summed E-state index contributed by atoms with van der Waals surface area (Å²) >= 11 is 0. The molecule has 0 bridgehead atoms. The number of nitrogens with one attached hydrogen (secondary N) is 2. The summed E-state index contributed by atoms with van der Waals surface area (Å²) in [5, 5.41) is 4.84. The van der Waals surface area contributed by atoms with E-state index < -0.39 is 0 Å². The van der Waals surface area contributed by atoms with Gasteiger partial charge in [-0.15, -0.1) is 6.58 Å². The molecule has 2 amide bonds. The lowest BCUT2D eigenvalue weighted by Crippen LogP contribution is -2.31. The highest BCUT2D eigenvalue weighted by Crippen LogP contribution is 1.63. The molecule has 0 aromatic carbocycles. The van der Waals surface area contributed by atoms with Gasteiger partial charge < -0.3 is 10.6 Å². The molecule has 50 valence electrons. The SMILES string of the molecule is C=CCNC(=O)NC=C. The summed E-state index contributed by atoms with van der Waals surface area (Å²) in [6, 6.07) is -0.259. The Hall–Kier alpha value is -1.25. The normalized spacial score (nSPS) is 7.56. The van der Waals surface area contributed by atoms with E-state index in [0.29, 0.717) is 6.54 Å². The minimum Gasteiger partial charge on any atom is -0.334 e. The first-order chi connectivity index (χ1) is 4.31.